The van der Waals surface area contributed by atoms with Crippen LogP contribution in [0.2, 0.25) is 0 Å². The lowest BCUT2D eigenvalue weighted by atomic mass is 9.94. The number of hydrogen-bond acceptors (Lipinski definition) is 6. The fourth-order valence-electron chi connectivity index (χ4n) is 5.38. The minimum atomic E-state index is -0.0327. The second-order valence-electron chi connectivity index (χ2n) is 11.3. The standard InChI is InChI=1S/C32H46N4O5/c1-23(2)35(31(37)25-11-14-29(40-4)30(17-25)41-16-8-15-39-3)21-26-19-33-20-27(26)22-36(28-12-13-28)32(38)34-18-24-9-6-5-7-10-24/h5-7,9-11,14,17,23,26-28,33H,8,12-13,15-16,18-22H2,1-4H3,(H,34,38). The summed E-state index contributed by atoms with van der Waals surface area (Å²) in [7, 11) is 3.26. The Morgan fingerprint density at radius 3 is 2.37 bits per heavy atom. The molecular weight excluding hydrogens is 520 g/mol. The van der Waals surface area contributed by atoms with Crippen molar-refractivity contribution in [2.45, 2.75) is 51.7 Å². The van der Waals surface area contributed by atoms with Crippen LogP contribution in [0.5, 0.6) is 11.5 Å². The minimum Gasteiger partial charge on any atom is -0.493 e. The lowest BCUT2D eigenvalue weighted by molar-refractivity contribution is 0.0652. The molecule has 4 rings (SSSR count). The minimum absolute atomic E-state index is 0.00458. The monoisotopic (exact) mass is 566 g/mol. The molecule has 1 saturated carbocycles. The van der Waals surface area contributed by atoms with Crippen LogP contribution in [-0.2, 0) is 11.3 Å². The maximum atomic E-state index is 13.8. The third-order valence-corrected chi connectivity index (χ3v) is 7.92. The fraction of sp³-hybridized carbons (Fsp3) is 0.562. The topological polar surface area (TPSA) is 92.4 Å². The number of urea groups is 1. The highest BCUT2D eigenvalue weighted by Gasteiger charge is 2.38. The molecule has 1 saturated heterocycles. The molecule has 0 aromatic heterocycles. The van der Waals surface area contributed by atoms with Crippen LogP contribution in [0.1, 0.15) is 49.0 Å². The van der Waals surface area contributed by atoms with Gasteiger partial charge < -0.3 is 34.6 Å². The molecule has 2 N–H and O–H groups in total. The highest BCUT2D eigenvalue weighted by atomic mass is 16.5. The number of carbonyl (C=O) groups excluding carboxylic acids is 2. The zero-order valence-corrected chi connectivity index (χ0v) is 24.9. The Balaban J connectivity index is 1.40. The first-order valence-corrected chi connectivity index (χ1v) is 14.8. The molecule has 1 aliphatic heterocycles. The summed E-state index contributed by atoms with van der Waals surface area (Å²) in [6.45, 7) is 8.66. The average Bonchev–Trinajstić information content (AvgIpc) is 3.74. The Labute approximate surface area is 244 Å². The van der Waals surface area contributed by atoms with Crippen LogP contribution in [-0.4, -0.2) is 87.4 Å². The number of carbonyl (C=O) groups is 2. The summed E-state index contributed by atoms with van der Waals surface area (Å²) in [6, 6.07) is 15.7. The number of rotatable bonds is 15. The maximum Gasteiger partial charge on any atom is 0.317 e. The molecule has 1 aliphatic carbocycles. The van der Waals surface area contributed by atoms with Crippen molar-refractivity contribution < 1.29 is 23.8 Å². The van der Waals surface area contributed by atoms with Crippen molar-refractivity contribution in [3.63, 3.8) is 0 Å². The third-order valence-electron chi connectivity index (χ3n) is 7.92. The van der Waals surface area contributed by atoms with Gasteiger partial charge in [0.05, 0.1) is 13.7 Å². The van der Waals surface area contributed by atoms with Crippen LogP contribution in [0.25, 0.3) is 0 Å². The van der Waals surface area contributed by atoms with Crippen molar-refractivity contribution in [1.29, 1.82) is 0 Å². The van der Waals surface area contributed by atoms with Crippen LogP contribution >= 0.6 is 0 Å². The number of ether oxygens (including phenoxy) is 3. The van der Waals surface area contributed by atoms with Crippen molar-refractivity contribution in [3.8, 4) is 11.5 Å². The average molecular weight is 567 g/mol. The highest BCUT2D eigenvalue weighted by molar-refractivity contribution is 5.95. The van der Waals surface area contributed by atoms with Crippen LogP contribution in [0.4, 0.5) is 4.79 Å². The number of nitrogens with zero attached hydrogens (tertiary/aromatic N) is 2. The first-order chi connectivity index (χ1) is 19.9. The Hall–Kier alpha value is -3.30. The Morgan fingerprint density at radius 2 is 1.71 bits per heavy atom. The summed E-state index contributed by atoms with van der Waals surface area (Å²) < 4.78 is 16.5. The third kappa shape index (κ3) is 8.60. The van der Waals surface area contributed by atoms with E-state index in [4.69, 9.17) is 14.2 Å². The Morgan fingerprint density at radius 1 is 0.976 bits per heavy atom. The molecule has 2 aromatic rings. The van der Waals surface area contributed by atoms with Gasteiger partial charge in [0.25, 0.3) is 5.91 Å². The zero-order chi connectivity index (χ0) is 29.2. The predicted octanol–water partition coefficient (Wildman–Crippen LogP) is 4.17. The number of amides is 3. The van der Waals surface area contributed by atoms with Gasteiger partial charge in [-0.1, -0.05) is 30.3 Å². The molecule has 0 spiro atoms. The zero-order valence-electron chi connectivity index (χ0n) is 24.9. The molecule has 3 amide bonds. The summed E-state index contributed by atoms with van der Waals surface area (Å²) in [5.74, 6) is 1.63. The molecule has 41 heavy (non-hydrogen) atoms. The van der Waals surface area contributed by atoms with Gasteiger partial charge in [-0.2, -0.15) is 0 Å². The van der Waals surface area contributed by atoms with Gasteiger partial charge in [-0.15, -0.1) is 0 Å². The van der Waals surface area contributed by atoms with E-state index in [0.717, 1.165) is 37.9 Å². The van der Waals surface area contributed by atoms with Gasteiger partial charge in [-0.25, -0.2) is 4.79 Å². The highest BCUT2D eigenvalue weighted by Crippen LogP contribution is 2.32. The molecule has 2 atom stereocenters. The van der Waals surface area contributed by atoms with Gasteiger partial charge in [0.2, 0.25) is 0 Å². The van der Waals surface area contributed by atoms with Gasteiger partial charge in [-0.3, -0.25) is 4.79 Å². The van der Waals surface area contributed by atoms with Crippen LogP contribution in [0, 0.1) is 11.8 Å². The normalized spacial score (nSPS) is 18.3. The lowest BCUT2D eigenvalue weighted by Crippen LogP contribution is -2.47. The molecule has 1 heterocycles. The molecule has 9 heteroatoms. The summed E-state index contributed by atoms with van der Waals surface area (Å²) in [6.07, 6.45) is 2.84. The maximum absolute atomic E-state index is 13.8. The predicted molar refractivity (Wildman–Crippen MR) is 159 cm³/mol. The van der Waals surface area contributed by atoms with Gasteiger partial charge in [0.1, 0.15) is 0 Å². The van der Waals surface area contributed by atoms with E-state index >= 15 is 0 Å². The smallest absolute Gasteiger partial charge is 0.317 e. The molecule has 224 valence electrons. The van der Waals surface area contributed by atoms with Gasteiger partial charge in [0.15, 0.2) is 11.5 Å². The van der Waals surface area contributed by atoms with Crippen molar-refractivity contribution in [3.05, 3.63) is 59.7 Å². The van der Waals surface area contributed by atoms with Crippen molar-refractivity contribution in [2.24, 2.45) is 11.8 Å². The van der Waals surface area contributed by atoms with Crippen LogP contribution < -0.4 is 20.1 Å². The van der Waals surface area contributed by atoms with Gasteiger partial charge in [-0.05, 0) is 62.3 Å². The molecule has 2 unspecified atom stereocenters. The SMILES string of the molecule is COCCCOc1cc(C(=O)N(CC2CNCC2CN(C(=O)NCc2ccccc2)C2CC2)C(C)C)ccc1OC. The fourth-order valence-corrected chi connectivity index (χ4v) is 5.38. The van der Waals surface area contributed by atoms with Crippen molar-refractivity contribution >= 4 is 11.9 Å². The number of benzene rings is 2. The first kappa shape index (κ1) is 30.7. The second-order valence-corrected chi connectivity index (χ2v) is 11.3. The lowest BCUT2D eigenvalue weighted by Gasteiger charge is -2.33. The number of methoxy groups -OCH3 is 2. The number of hydrogen-bond donors (Lipinski definition) is 2. The summed E-state index contributed by atoms with van der Waals surface area (Å²) in [5, 5.41) is 6.64. The molecule has 2 fully saturated rings. The summed E-state index contributed by atoms with van der Waals surface area (Å²) >= 11 is 0. The molecule has 0 bridgehead atoms. The summed E-state index contributed by atoms with van der Waals surface area (Å²) in [4.78, 5) is 31.0. The number of nitrogens with one attached hydrogen (secondary N) is 2. The van der Waals surface area contributed by atoms with Crippen molar-refractivity contribution in [2.75, 3.05) is 53.6 Å². The van der Waals surface area contributed by atoms with E-state index in [-0.39, 0.29) is 29.8 Å². The van der Waals surface area contributed by atoms with E-state index in [1.807, 2.05) is 40.1 Å². The molecule has 0 radical (unpaired) electrons. The van der Waals surface area contributed by atoms with E-state index in [1.165, 1.54) is 0 Å². The van der Waals surface area contributed by atoms with E-state index in [0.29, 0.717) is 56.0 Å². The van der Waals surface area contributed by atoms with E-state index in [2.05, 4.69) is 24.5 Å². The van der Waals surface area contributed by atoms with Crippen LogP contribution in [0.3, 0.4) is 0 Å². The van der Waals surface area contributed by atoms with Gasteiger partial charge >= 0.3 is 6.03 Å². The van der Waals surface area contributed by atoms with Crippen molar-refractivity contribution in [1.82, 2.24) is 20.4 Å². The quantitative estimate of drug-likeness (QED) is 0.315. The Bertz CT molecular complexity index is 1120. The molecular formula is C32H46N4O5. The van der Waals surface area contributed by atoms with E-state index < -0.39 is 0 Å². The Kier molecular flexibility index (Phi) is 11.3. The van der Waals surface area contributed by atoms with Crippen LogP contribution in [0.15, 0.2) is 48.5 Å². The van der Waals surface area contributed by atoms with E-state index in [1.54, 1.807) is 32.4 Å². The summed E-state index contributed by atoms with van der Waals surface area (Å²) in [5.41, 5.74) is 1.66. The molecule has 2 aliphatic rings. The second kappa shape index (κ2) is 15.1. The van der Waals surface area contributed by atoms with E-state index in [9.17, 15) is 9.59 Å². The molecule has 9 nitrogen and oxygen atoms in total. The first-order valence-electron chi connectivity index (χ1n) is 14.8. The van der Waals surface area contributed by atoms with Gasteiger partial charge in [0, 0.05) is 70.5 Å². The largest absolute Gasteiger partial charge is 0.493 e. The molecule has 2 aromatic carbocycles.